The lowest BCUT2D eigenvalue weighted by atomic mass is 10.2. The zero-order valence-corrected chi connectivity index (χ0v) is 13.2. The third-order valence-corrected chi connectivity index (χ3v) is 3.39. The van der Waals surface area contributed by atoms with E-state index in [1.165, 1.54) is 0 Å². The van der Waals surface area contributed by atoms with Gasteiger partial charge in [0.05, 0.1) is 5.69 Å². The molecule has 1 saturated heterocycles. The average Bonchev–Trinajstić information content (AvgIpc) is 2.83. The number of alkyl carbamates (subject to hydrolysis) is 1. The van der Waals surface area contributed by atoms with Crippen LogP contribution in [-0.4, -0.2) is 40.8 Å². The molecule has 1 fully saturated rings. The molecule has 1 amide bonds. The second kappa shape index (κ2) is 6.28. The van der Waals surface area contributed by atoms with Crippen LogP contribution in [0.5, 0.6) is 0 Å². The van der Waals surface area contributed by atoms with Crippen molar-refractivity contribution in [2.24, 2.45) is 0 Å². The van der Waals surface area contributed by atoms with Gasteiger partial charge in [-0.05, 0) is 40.5 Å². The highest BCUT2D eigenvalue weighted by atomic mass is 16.6. The largest absolute Gasteiger partial charge is 0.444 e. The minimum atomic E-state index is -0.471. The summed E-state index contributed by atoms with van der Waals surface area (Å²) in [6, 6.07) is 0.243. The Kier molecular flexibility index (Phi) is 4.65. The highest BCUT2D eigenvalue weighted by Crippen LogP contribution is 2.24. The van der Waals surface area contributed by atoms with Crippen LogP contribution in [0.2, 0.25) is 0 Å². The molecule has 6 heteroatoms. The van der Waals surface area contributed by atoms with Crippen LogP contribution < -0.4 is 10.2 Å². The van der Waals surface area contributed by atoms with E-state index in [0.29, 0.717) is 6.54 Å². The third-order valence-electron chi connectivity index (χ3n) is 3.39. The molecule has 0 aromatic carbocycles. The van der Waals surface area contributed by atoms with Crippen LogP contribution >= 0.6 is 0 Å². The van der Waals surface area contributed by atoms with Gasteiger partial charge in [-0.2, -0.15) is 0 Å². The molecule has 116 valence electrons. The topological polar surface area (TPSA) is 67.4 Å². The van der Waals surface area contributed by atoms with Crippen molar-refractivity contribution in [2.45, 2.75) is 52.2 Å². The van der Waals surface area contributed by atoms with Crippen molar-refractivity contribution in [3.63, 3.8) is 0 Å². The molecule has 0 saturated carbocycles. The van der Waals surface area contributed by atoms with Crippen molar-refractivity contribution in [1.82, 2.24) is 15.3 Å². The summed E-state index contributed by atoms with van der Waals surface area (Å²) in [7, 11) is 0. The molecule has 21 heavy (non-hydrogen) atoms. The molecule has 1 aromatic heterocycles. The highest BCUT2D eigenvalue weighted by molar-refractivity contribution is 5.67. The number of anilines is 1. The summed E-state index contributed by atoms with van der Waals surface area (Å²) < 4.78 is 5.27. The molecule has 6 nitrogen and oxygen atoms in total. The lowest BCUT2D eigenvalue weighted by Crippen LogP contribution is -2.42. The summed E-state index contributed by atoms with van der Waals surface area (Å²) in [6.45, 7) is 9.04. The van der Waals surface area contributed by atoms with Crippen LogP contribution in [0.3, 0.4) is 0 Å². The fourth-order valence-electron chi connectivity index (χ4n) is 2.52. The van der Waals surface area contributed by atoms with Gasteiger partial charge in [0.2, 0.25) is 0 Å². The quantitative estimate of drug-likeness (QED) is 0.925. The summed E-state index contributed by atoms with van der Waals surface area (Å²) in [4.78, 5) is 22.7. The number of carbonyl (C=O) groups excluding carboxylic acids is 1. The summed E-state index contributed by atoms with van der Waals surface area (Å²) in [5.74, 6) is 0.908. The molecule has 1 aliphatic rings. The first kappa shape index (κ1) is 15.5. The van der Waals surface area contributed by atoms with Gasteiger partial charge >= 0.3 is 6.09 Å². The van der Waals surface area contributed by atoms with Gasteiger partial charge in [-0.1, -0.05) is 0 Å². The van der Waals surface area contributed by atoms with Gasteiger partial charge < -0.3 is 15.0 Å². The number of aryl methyl sites for hydroxylation is 1. The van der Waals surface area contributed by atoms with E-state index in [4.69, 9.17) is 4.74 Å². The van der Waals surface area contributed by atoms with Gasteiger partial charge in [-0.15, -0.1) is 0 Å². The van der Waals surface area contributed by atoms with E-state index in [2.05, 4.69) is 20.2 Å². The van der Waals surface area contributed by atoms with Gasteiger partial charge in [-0.25, -0.2) is 9.78 Å². The standard InChI is InChI=1S/C15H24N4O2/c1-11-13(17-8-7-16-11)19-9-5-6-12(19)10-18-14(20)21-15(2,3)4/h7-8,12H,5-6,9-10H2,1-4H3,(H,18,20)/t12-/m1/s1. The van der Waals surface area contributed by atoms with E-state index in [-0.39, 0.29) is 12.1 Å². The minimum Gasteiger partial charge on any atom is -0.444 e. The Morgan fingerprint density at radius 2 is 2.14 bits per heavy atom. The predicted molar refractivity (Wildman–Crippen MR) is 81.4 cm³/mol. The number of aromatic nitrogens is 2. The van der Waals surface area contributed by atoms with E-state index >= 15 is 0 Å². The first-order valence-electron chi connectivity index (χ1n) is 7.38. The highest BCUT2D eigenvalue weighted by Gasteiger charge is 2.28. The van der Waals surface area contributed by atoms with Gasteiger partial charge in [0.1, 0.15) is 11.4 Å². The van der Waals surface area contributed by atoms with E-state index < -0.39 is 5.60 Å². The molecule has 2 rings (SSSR count). The number of nitrogens with zero attached hydrogens (tertiary/aromatic N) is 3. The molecule has 0 aliphatic carbocycles. The summed E-state index contributed by atoms with van der Waals surface area (Å²) in [5, 5.41) is 2.85. The average molecular weight is 292 g/mol. The Balaban J connectivity index is 1.94. The number of rotatable bonds is 3. The normalized spacial score (nSPS) is 18.7. The molecule has 0 bridgehead atoms. The van der Waals surface area contributed by atoms with Gasteiger partial charge in [0.25, 0.3) is 0 Å². The van der Waals surface area contributed by atoms with E-state index in [0.717, 1.165) is 30.9 Å². The molecule has 1 aromatic rings. The van der Waals surface area contributed by atoms with Crippen molar-refractivity contribution in [3.05, 3.63) is 18.1 Å². The van der Waals surface area contributed by atoms with Crippen LogP contribution in [0.1, 0.15) is 39.3 Å². The second-order valence-electron chi connectivity index (χ2n) is 6.34. The number of ether oxygens (including phenoxy) is 1. The fraction of sp³-hybridized carbons (Fsp3) is 0.667. The van der Waals surface area contributed by atoms with E-state index in [9.17, 15) is 4.79 Å². The fourth-order valence-corrected chi connectivity index (χ4v) is 2.52. The minimum absolute atomic E-state index is 0.243. The van der Waals surface area contributed by atoms with Crippen LogP contribution in [0.25, 0.3) is 0 Å². The van der Waals surface area contributed by atoms with Crippen molar-refractivity contribution in [2.75, 3.05) is 18.0 Å². The monoisotopic (exact) mass is 292 g/mol. The molecule has 1 atom stereocenters. The Morgan fingerprint density at radius 3 is 2.81 bits per heavy atom. The maximum absolute atomic E-state index is 11.7. The first-order valence-corrected chi connectivity index (χ1v) is 7.38. The van der Waals surface area contributed by atoms with E-state index in [1.807, 2.05) is 27.7 Å². The number of nitrogens with one attached hydrogen (secondary N) is 1. The van der Waals surface area contributed by atoms with Crippen molar-refractivity contribution in [3.8, 4) is 0 Å². The molecule has 0 radical (unpaired) electrons. The smallest absolute Gasteiger partial charge is 0.407 e. The van der Waals surface area contributed by atoms with Crippen LogP contribution in [0, 0.1) is 6.92 Å². The van der Waals surface area contributed by atoms with E-state index in [1.54, 1.807) is 12.4 Å². The first-order chi connectivity index (χ1) is 9.87. The van der Waals surface area contributed by atoms with Crippen molar-refractivity contribution < 1.29 is 9.53 Å². The number of hydrogen-bond acceptors (Lipinski definition) is 5. The summed E-state index contributed by atoms with van der Waals surface area (Å²) in [5.41, 5.74) is 0.447. The molecule has 1 N–H and O–H groups in total. The molecular formula is C15H24N4O2. The summed E-state index contributed by atoms with van der Waals surface area (Å²) >= 11 is 0. The Hall–Kier alpha value is -1.85. The molecule has 0 spiro atoms. The zero-order chi connectivity index (χ0) is 15.5. The lowest BCUT2D eigenvalue weighted by Gasteiger charge is -2.27. The Labute approximate surface area is 125 Å². The molecule has 0 unspecified atom stereocenters. The number of amides is 1. The van der Waals surface area contributed by atoms with Gasteiger partial charge in [0.15, 0.2) is 0 Å². The SMILES string of the molecule is Cc1nccnc1N1CCC[C@@H]1CNC(=O)OC(C)(C)C. The van der Waals surface area contributed by atoms with Crippen LogP contribution in [0.4, 0.5) is 10.6 Å². The van der Waals surface area contributed by atoms with Gasteiger partial charge in [-0.3, -0.25) is 4.98 Å². The van der Waals surface area contributed by atoms with Crippen molar-refractivity contribution in [1.29, 1.82) is 0 Å². The van der Waals surface area contributed by atoms with Crippen LogP contribution in [-0.2, 0) is 4.74 Å². The lowest BCUT2D eigenvalue weighted by molar-refractivity contribution is 0.0525. The Bertz CT molecular complexity index is 499. The van der Waals surface area contributed by atoms with Crippen LogP contribution in [0.15, 0.2) is 12.4 Å². The van der Waals surface area contributed by atoms with Gasteiger partial charge in [0, 0.05) is 31.5 Å². The number of carbonyl (C=O) groups is 1. The number of hydrogen-bond donors (Lipinski definition) is 1. The summed E-state index contributed by atoms with van der Waals surface area (Å²) in [6.07, 6.45) is 5.16. The predicted octanol–water partition coefficient (Wildman–Crippen LogP) is 2.28. The molecule has 2 heterocycles. The third kappa shape index (κ3) is 4.31. The maximum Gasteiger partial charge on any atom is 0.407 e. The molecule has 1 aliphatic heterocycles. The zero-order valence-electron chi connectivity index (χ0n) is 13.2. The Morgan fingerprint density at radius 1 is 1.43 bits per heavy atom. The van der Waals surface area contributed by atoms with Crippen molar-refractivity contribution >= 4 is 11.9 Å². The second-order valence-corrected chi connectivity index (χ2v) is 6.34. The maximum atomic E-state index is 11.7. The molecular weight excluding hydrogens is 268 g/mol.